The summed E-state index contributed by atoms with van der Waals surface area (Å²) in [6, 6.07) is 0. The Kier molecular flexibility index (Phi) is 11.7. The maximum Gasteiger partial charge on any atom is 0.303 e. The minimum Gasteiger partial charge on any atom is -0.481 e. The van der Waals surface area contributed by atoms with Gasteiger partial charge >= 0.3 is 5.97 Å². The molecule has 0 rings (SSSR count). The van der Waals surface area contributed by atoms with Crippen LogP contribution in [0.4, 0.5) is 0 Å². The monoisotopic (exact) mass is 324 g/mol. The van der Waals surface area contributed by atoms with Gasteiger partial charge in [0, 0.05) is 12.8 Å². The summed E-state index contributed by atoms with van der Waals surface area (Å²) in [6.45, 7) is 10.5. The predicted molar refractivity (Wildman–Crippen MR) is 96.5 cm³/mol. The molecule has 23 heavy (non-hydrogen) atoms. The van der Waals surface area contributed by atoms with Crippen LogP contribution in [0.1, 0.15) is 86.0 Å². The highest BCUT2D eigenvalue weighted by molar-refractivity contribution is 5.94. The van der Waals surface area contributed by atoms with Gasteiger partial charge in [0.2, 0.25) is 0 Å². The van der Waals surface area contributed by atoms with Gasteiger partial charge in [0.05, 0.1) is 0 Å². The van der Waals surface area contributed by atoms with Gasteiger partial charge in [-0.05, 0) is 49.5 Å². The van der Waals surface area contributed by atoms with Crippen molar-refractivity contribution in [2.45, 2.75) is 86.0 Å². The number of Topliss-reactive ketones (excluding diaryl/α,β-unsaturated/α-hetero) is 1. The normalized spacial score (nSPS) is 14.8. The maximum absolute atomic E-state index is 12.1. The van der Waals surface area contributed by atoms with Gasteiger partial charge in [0.15, 0.2) is 5.78 Å². The topological polar surface area (TPSA) is 54.4 Å². The lowest BCUT2D eigenvalue weighted by atomic mass is 9.92. The highest BCUT2D eigenvalue weighted by Gasteiger charge is 2.11. The zero-order valence-electron chi connectivity index (χ0n) is 15.7. The van der Waals surface area contributed by atoms with Gasteiger partial charge < -0.3 is 5.11 Å². The molecule has 0 aromatic heterocycles. The summed E-state index contributed by atoms with van der Waals surface area (Å²) in [6.07, 6.45) is 9.12. The SMILES string of the molecule is C/C(=C\CCC(C)C)C(=O)CC[C@H](C)CCC[C@@H](C)CC(=O)O. The number of allylic oxidation sites excluding steroid dienone is 2. The van der Waals surface area contributed by atoms with E-state index in [2.05, 4.69) is 26.8 Å². The standard InChI is InChI=1S/C20H36O3/c1-15(2)8-6-11-18(5)19(21)13-12-16(3)9-7-10-17(4)14-20(22)23/h11,15-17H,6-10,12-14H2,1-5H3,(H,22,23)/b18-11+/t16-,17-/m1/s1. The molecule has 0 saturated heterocycles. The van der Waals surface area contributed by atoms with Crippen LogP contribution >= 0.6 is 0 Å². The van der Waals surface area contributed by atoms with Gasteiger partial charge in [0.1, 0.15) is 0 Å². The van der Waals surface area contributed by atoms with Gasteiger partial charge in [-0.3, -0.25) is 9.59 Å². The average molecular weight is 325 g/mol. The molecule has 0 fully saturated rings. The van der Waals surface area contributed by atoms with Crippen LogP contribution in [-0.4, -0.2) is 16.9 Å². The summed E-state index contributed by atoms with van der Waals surface area (Å²) < 4.78 is 0. The number of carbonyl (C=O) groups excluding carboxylic acids is 1. The third-order valence-corrected chi connectivity index (χ3v) is 4.42. The molecule has 1 N–H and O–H groups in total. The Balaban J connectivity index is 3.88. The second-order valence-corrected chi connectivity index (χ2v) is 7.56. The summed E-state index contributed by atoms with van der Waals surface area (Å²) in [5, 5.41) is 8.74. The van der Waals surface area contributed by atoms with Crippen LogP contribution < -0.4 is 0 Å². The van der Waals surface area contributed by atoms with Gasteiger partial charge in [-0.25, -0.2) is 0 Å². The van der Waals surface area contributed by atoms with Crippen molar-refractivity contribution in [2.75, 3.05) is 0 Å². The van der Waals surface area contributed by atoms with Crippen molar-refractivity contribution in [3.63, 3.8) is 0 Å². The van der Waals surface area contributed by atoms with Gasteiger partial charge in [-0.15, -0.1) is 0 Å². The Morgan fingerprint density at radius 1 is 0.957 bits per heavy atom. The van der Waals surface area contributed by atoms with E-state index >= 15 is 0 Å². The quantitative estimate of drug-likeness (QED) is 0.446. The summed E-state index contributed by atoms with van der Waals surface area (Å²) in [5.74, 6) is 1.01. The van der Waals surface area contributed by atoms with Crippen molar-refractivity contribution in [3.05, 3.63) is 11.6 Å². The number of aliphatic carboxylic acids is 1. The molecule has 0 saturated carbocycles. The lowest BCUT2D eigenvalue weighted by Crippen LogP contribution is -2.06. The molecule has 3 nitrogen and oxygen atoms in total. The number of rotatable bonds is 13. The summed E-state index contributed by atoms with van der Waals surface area (Å²) >= 11 is 0. The van der Waals surface area contributed by atoms with Crippen LogP contribution in [0, 0.1) is 17.8 Å². The molecular weight excluding hydrogens is 288 g/mol. The molecule has 0 heterocycles. The fraction of sp³-hybridized carbons (Fsp3) is 0.800. The van der Waals surface area contributed by atoms with E-state index in [0.29, 0.717) is 18.3 Å². The first-order chi connectivity index (χ1) is 10.7. The first-order valence-electron chi connectivity index (χ1n) is 9.14. The molecule has 0 spiro atoms. The molecule has 0 aromatic carbocycles. The van der Waals surface area contributed by atoms with Crippen molar-refractivity contribution in [1.29, 1.82) is 0 Å². The number of ketones is 1. The van der Waals surface area contributed by atoms with Crippen LogP contribution in [-0.2, 0) is 9.59 Å². The zero-order chi connectivity index (χ0) is 17.8. The molecule has 0 bridgehead atoms. The lowest BCUT2D eigenvalue weighted by molar-refractivity contribution is -0.138. The first kappa shape index (κ1) is 21.9. The maximum atomic E-state index is 12.1. The van der Waals surface area contributed by atoms with Crippen LogP contribution in [0.3, 0.4) is 0 Å². The number of hydrogen-bond donors (Lipinski definition) is 1. The fourth-order valence-corrected chi connectivity index (χ4v) is 2.68. The van der Waals surface area contributed by atoms with E-state index in [1.54, 1.807) is 0 Å². The molecule has 0 aliphatic heterocycles. The largest absolute Gasteiger partial charge is 0.481 e. The van der Waals surface area contributed by atoms with E-state index in [1.807, 2.05) is 13.8 Å². The third kappa shape index (κ3) is 13.1. The van der Waals surface area contributed by atoms with Crippen LogP contribution in [0.15, 0.2) is 11.6 Å². The highest BCUT2D eigenvalue weighted by atomic mass is 16.4. The van der Waals surface area contributed by atoms with Crippen molar-refractivity contribution >= 4 is 11.8 Å². The Morgan fingerprint density at radius 3 is 2.13 bits per heavy atom. The van der Waals surface area contributed by atoms with Crippen LogP contribution in [0.25, 0.3) is 0 Å². The molecule has 0 radical (unpaired) electrons. The molecular formula is C20H36O3. The van der Waals surface area contributed by atoms with Gasteiger partial charge in [-0.1, -0.05) is 53.0 Å². The summed E-state index contributed by atoms with van der Waals surface area (Å²) in [7, 11) is 0. The fourth-order valence-electron chi connectivity index (χ4n) is 2.68. The molecule has 0 aromatic rings. The molecule has 134 valence electrons. The molecule has 3 heteroatoms. The minimum absolute atomic E-state index is 0.243. The number of carboxylic acids is 1. The number of carbonyl (C=O) groups is 2. The van der Waals surface area contributed by atoms with Crippen molar-refractivity contribution < 1.29 is 14.7 Å². The lowest BCUT2D eigenvalue weighted by Gasteiger charge is -2.13. The van der Waals surface area contributed by atoms with E-state index in [0.717, 1.165) is 44.1 Å². The van der Waals surface area contributed by atoms with E-state index in [4.69, 9.17) is 5.11 Å². The van der Waals surface area contributed by atoms with Crippen molar-refractivity contribution in [1.82, 2.24) is 0 Å². The number of carboxylic acid groups (broad SMARTS) is 1. The van der Waals surface area contributed by atoms with E-state index in [1.165, 1.54) is 0 Å². The van der Waals surface area contributed by atoms with Gasteiger partial charge in [0.25, 0.3) is 0 Å². The Bertz CT molecular complexity index is 382. The van der Waals surface area contributed by atoms with Gasteiger partial charge in [-0.2, -0.15) is 0 Å². The molecule has 0 unspecified atom stereocenters. The average Bonchev–Trinajstić information content (AvgIpc) is 2.43. The Morgan fingerprint density at radius 2 is 1.57 bits per heavy atom. The second kappa shape index (κ2) is 12.3. The third-order valence-electron chi connectivity index (χ3n) is 4.42. The van der Waals surface area contributed by atoms with E-state index < -0.39 is 5.97 Å². The second-order valence-electron chi connectivity index (χ2n) is 7.56. The smallest absolute Gasteiger partial charge is 0.303 e. The Labute approximate surface area is 142 Å². The predicted octanol–water partition coefficient (Wildman–Crippen LogP) is 5.64. The van der Waals surface area contributed by atoms with Crippen LogP contribution in [0.2, 0.25) is 0 Å². The number of hydrogen-bond acceptors (Lipinski definition) is 2. The minimum atomic E-state index is -0.712. The molecule has 0 aliphatic carbocycles. The van der Waals surface area contributed by atoms with Crippen molar-refractivity contribution in [3.8, 4) is 0 Å². The van der Waals surface area contributed by atoms with E-state index in [9.17, 15) is 9.59 Å². The molecule has 2 atom stereocenters. The Hall–Kier alpha value is -1.12. The molecule has 0 amide bonds. The summed E-state index contributed by atoms with van der Waals surface area (Å²) in [5.41, 5.74) is 0.910. The first-order valence-corrected chi connectivity index (χ1v) is 9.14. The highest BCUT2D eigenvalue weighted by Crippen LogP contribution is 2.19. The molecule has 0 aliphatic rings. The van der Waals surface area contributed by atoms with Crippen molar-refractivity contribution in [2.24, 2.45) is 17.8 Å². The summed E-state index contributed by atoms with van der Waals surface area (Å²) in [4.78, 5) is 22.7. The zero-order valence-corrected chi connectivity index (χ0v) is 15.7. The van der Waals surface area contributed by atoms with Crippen LogP contribution in [0.5, 0.6) is 0 Å². The van der Waals surface area contributed by atoms with E-state index in [-0.39, 0.29) is 18.1 Å².